The van der Waals surface area contributed by atoms with Gasteiger partial charge >= 0.3 is 5.97 Å². The Morgan fingerprint density at radius 1 is 1.24 bits per heavy atom. The molecule has 1 aromatic carbocycles. The largest absolute Gasteiger partial charge is 0.461 e. The zero-order valence-electron chi connectivity index (χ0n) is 14.5. The monoisotopic (exact) mass is 344 g/mol. The Labute approximate surface area is 147 Å². The van der Waals surface area contributed by atoms with Crippen molar-refractivity contribution < 1.29 is 19.0 Å². The van der Waals surface area contributed by atoms with Gasteiger partial charge in [0.25, 0.3) is 0 Å². The third-order valence-corrected chi connectivity index (χ3v) is 4.23. The Kier molecular flexibility index (Phi) is 6.19. The molecule has 1 fully saturated rings. The summed E-state index contributed by atoms with van der Waals surface area (Å²) < 4.78 is 16.3. The molecule has 0 radical (unpaired) electrons. The number of hydrogen-bond acceptors (Lipinski definition) is 5. The van der Waals surface area contributed by atoms with Crippen LogP contribution in [0.5, 0.6) is 0 Å². The van der Waals surface area contributed by atoms with Crippen molar-refractivity contribution in [3.8, 4) is 0 Å². The molecule has 25 heavy (non-hydrogen) atoms. The minimum atomic E-state index is -0.407. The molecule has 0 saturated carbocycles. The van der Waals surface area contributed by atoms with Crippen molar-refractivity contribution in [3.63, 3.8) is 0 Å². The van der Waals surface area contributed by atoms with Crippen LogP contribution in [0.3, 0.4) is 0 Å². The van der Waals surface area contributed by atoms with E-state index in [0.29, 0.717) is 31.2 Å². The number of benzene rings is 1. The van der Waals surface area contributed by atoms with Crippen molar-refractivity contribution in [2.45, 2.75) is 38.9 Å². The minimum Gasteiger partial charge on any atom is -0.461 e. The van der Waals surface area contributed by atoms with Gasteiger partial charge in [-0.15, -0.1) is 0 Å². The molecule has 6 heteroatoms. The van der Waals surface area contributed by atoms with Crippen LogP contribution in [0.1, 0.15) is 53.3 Å². The number of aromatic amines is 1. The van der Waals surface area contributed by atoms with E-state index in [0.717, 1.165) is 37.4 Å². The van der Waals surface area contributed by atoms with E-state index < -0.39 is 5.97 Å². The summed E-state index contributed by atoms with van der Waals surface area (Å²) in [5, 5.41) is 0. The molecule has 134 valence electrons. The molecule has 0 bridgehead atoms. The lowest BCUT2D eigenvalue weighted by molar-refractivity contribution is 0.0509. The maximum atomic E-state index is 12.2. The second-order valence-electron chi connectivity index (χ2n) is 6.03. The van der Waals surface area contributed by atoms with Crippen LogP contribution in [0.25, 0.3) is 0 Å². The number of carbonyl (C=O) groups excluding carboxylic acids is 1. The Balaban J connectivity index is 1.70. The fourth-order valence-electron chi connectivity index (χ4n) is 2.91. The Bertz CT molecular complexity index is 678. The first-order chi connectivity index (χ1) is 12.3. The van der Waals surface area contributed by atoms with Crippen molar-refractivity contribution in [2.24, 2.45) is 0 Å². The van der Waals surface area contributed by atoms with Gasteiger partial charge in [-0.2, -0.15) is 0 Å². The normalized spacial score (nSPS) is 15.2. The smallest absolute Gasteiger partial charge is 0.358 e. The summed E-state index contributed by atoms with van der Waals surface area (Å²) in [7, 11) is 0. The fourth-order valence-corrected chi connectivity index (χ4v) is 2.91. The zero-order valence-corrected chi connectivity index (χ0v) is 14.5. The Morgan fingerprint density at radius 3 is 2.72 bits per heavy atom. The average Bonchev–Trinajstić information content (AvgIpc) is 3.08. The molecular formula is C19H24N2O4. The van der Waals surface area contributed by atoms with Gasteiger partial charge in [0, 0.05) is 19.1 Å². The van der Waals surface area contributed by atoms with Gasteiger partial charge in [0.05, 0.1) is 25.5 Å². The summed E-state index contributed by atoms with van der Waals surface area (Å²) in [5.74, 6) is 0.699. The number of hydrogen-bond donors (Lipinski definition) is 1. The van der Waals surface area contributed by atoms with Gasteiger partial charge in [-0.1, -0.05) is 30.3 Å². The molecule has 0 spiro atoms. The predicted octanol–water partition coefficient (Wildman–Crippen LogP) is 3.20. The number of aromatic nitrogens is 2. The third-order valence-electron chi connectivity index (χ3n) is 4.23. The molecule has 0 unspecified atom stereocenters. The second-order valence-corrected chi connectivity index (χ2v) is 6.03. The van der Waals surface area contributed by atoms with Crippen molar-refractivity contribution in [1.29, 1.82) is 0 Å². The Morgan fingerprint density at radius 2 is 2.00 bits per heavy atom. The maximum Gasteiger partial charge on any atom is 0.358 e. The molecule has 1 aliphatic rings. The van der Waals surface area contributed by atoms with E-state index in [1.54, 1.807) is 6.92 Å². The van der Waals surface area contributed by atoms with Crippen LogP contribution >= 0.6 is 0 Å². The second kappa shape index (κ2) is 8.78. The van der Waals surface area contributed by atoms with E-state index in [-0.39, 0.29) is 5.92 Å². The molecule has 0 aliphatic carbocycles. The van der Waals surface area contributed by atoms with E-state index >= 15 is 0 Å². The number of H-pyrrole nitrogens is 1. The van der Waals surface area contributed by atoms with Crippen LogP contribution in [-0.4, -0.2) is 35.8 Å². The van der Waals surface area contributed by atoms with Gasteiger partial charge < -0.3 is 19.2 Å². The highest BCUT2D eigenvalue weighted by Crippen LogP contribution is 2.26. The number of imidazole rings is 1. The summed E-state index contributed by atoms with van der Waals surface area (Å²) in [4.78, 5) is 20.0. The van der Waals surface area contributed by atoms with Gasteiger partial charge in [0.1, 0.15) is 5.82 Å². The van der Waals surface area contributed by atoms with E-state index in [1.807, 2.05) is 30.3 Å². The van der Waals surface area contributed by atoms with Crippen LogP contribution < -0.4 is 0 Å². The van der Waals surface area contributed by atoms with Gasteiger partial charge in [0.2, 0.25) is 0 Å². The van der Waals surface area contributed by atoms with Crippen molar-refractivity contribution in [3.05, 3.63) is 53.1 Å². The van der Waals surface area contributed by atoms with E-state index in [2.05, 4.69) is 9.97 Å². The maximum absolute atomic E-state index is 12.2. The molecule has 1 aliphatic heterocycles. The van der Waals surface area contributed by atoms with Gasteiger partial charge in [-0.05, 0) is 25.3 Å². The lowest BCUT2D eigenvalue weighted by Gasteiger charge is -2.19. The summed E-state index contributed by atoms with van der Waals surface area (Å²) in [6.45, 7) is 4.33. The summed E-state index contributed by atoms with van der Waals surface area (Å²) in [6.07, 6.45) is 1.81. The number of esters is 1. The van der Waals surface area contributed by atoms with Crippen molar-refractivity contribution in [1.82, 2.24) is 9.97 Å². The first kappa shape index (κ1) is 17.6. The topological polar surface area (TPSA) is 73.4 Å². The predicted molar refractivity (Wildman–Crippen MR) is 92.3 cm³/mol. The number of rotatable bonds is 7. The standard InChI is InChI=1S/C19H24N2O4/c1-2-25-19(22)17-16(13-24-12-14-6-4-3-5-7-14)20-18(21-17)15-8-10-23-11-9-15/h3-7,15H,2,8-13H2,1H3,(H,20,21). The van der Waals surface area contributed by atoms with Crippen LogP contribution in [0, 0.1) is 0 Å². The Hall–Kier alpha value is -2.18. The van der Waals surface area contributed by atoms with E-state index in [4.69, 9.17) is 14.2 Å². The summed E-state index contributed by atoms with van der Waals surface area (Å²) >= 11 is 0. The quantitative estimate of drug-likeness (QED) is 0.781. The summed E-state index contributed by atoms with van der Waals surface area (Å²) in [5.41, 5.74) is 2.09. The van der Waals surface area contributed by atoms with E-state index in [9.17, 15) is 4.79 Å². The molecule has 2 aromatic rings. The van der Waals surface area contributed by atoms with Crippen LogP contribution in [-0.2, 0) is 27.4 Å². The van der Waals surface area contributed by atoms with E-state index in [1.165, 1.54) is 0 Å². The zero-order chi connectivity index (χ0) is 17.5. The number of nitrogens with zero attached hydrogens (tertiary/aromatic N) is 1. The van der Waals surface area contributed by atoms with Crippen molar-refractivity contribution >= 4 is 5.97 Å². The lowest BCUT2D eigenvalue weighted by atomic mass is 10.00. The van der Waals surface area contributed by atoms with Crippen LogP contribution in [0.2, 0.25) is 0 Å². The first-order valence-electron chi connectivity index (χ1n) is 8.73. The molecule has 1 saturated heterocycles. The number of ether oxygens (including phenoxy) is 3. The SMILES string of the molecule is CCOC(=O)c1nc(C2CCOCC2)[nH]c1COCc1ccccc1. The molecule has 1 N–H and O–H groups in total. The van der Waals surface area contributed by atoms with Crippen LogP contribution in [0.4, 0.5) is 0 Å². The highest BCUT2D eigenvalue weighted by atomic mass is 16.5. The molecule has 1 aromatic heterocycles. The highest BCUT2D eigenvalue weighted by molar-refractivity contribution is 5.88. The van der Waals surface area contributed by atoms with Gasteiger partial charge in [-0.25, -0.2) is 9.78 Å². The summed E-state index contributed by atoms with van der Waals surface area (Å²) in [6, 6.07) is 9.93. The molecule has 6 nitrogen and oxygen atoms in total. The van der Waals surface area contributed by atoms with Crippen LogP contribution in [0.15, 0.2) is 30.3 Å². The molecule has 0 atom stereocenters. The first-order valence-corrected chi connectivity index (χ1v) is 8.73. The number of nitrogens with one attached hydrogen (secondary N) is 1. The average molecular weight is 344 g/mol. The number of carbonyl (C=O) groups is 1. The molecule has 3 rings (SSSR count). The van der Waals surface area contributed by atoms with Crippen molar-refractivity contribution in [2.75, 3.05) is 19.8 Å². The highest BCUT2D eigenvalue weighted by Gasteiger charge is 2.24. The third kappa shape index (κ3) is 4.67. The molecule has 2 heterocycles. The van der Waals surface area contributed by atoms with Gasteiger partial charge in [-0.3, -0.25) is 0 Å². The molecule has 0 amide bonds. The minimum absolute atomic E-state index is 0.282. The van der Waals surface area contributed by atoms with Gasteiger partial charge in [0.15, 0.2) is 5.69 Å². The molecular weight excluding hydrogens is 320 g/mol. The fraction of sp³-hybridized carbons (Fsp3) is 0.474. The lowest BCUT2D eigenvalue weighted by Crippen LogP contribution is -2.15.